The average Bonchev–Trinajstić information content (AvgIpc) is 3.41. The summed E-state index contributed by atoms with van der Waals surface area (Å²) in [7, 11) is 0. The maximum atomic E-state index is 12.9. The zero-order valence-corrected chi connectivity index (χ0v) is 16.4. The van der Waals surface area contributed by atoms with Crippen LogP contribution in [0, 0.1) is 0 Å². The van der Waals surface area contributed by atoms with Gasteiger partial charge in [-0.1, -0.05) is 6.07 Å². The third kappa shape index (κ3) is 3.20. The first kappa shape index (κ1) is 17.7. The summed E-state index contributed by atoms with van der Waals surface area (Å²) in [6.45, 7) is 2.94. The number of likely N-dealkylation sites (tertiary alicyclic amines) is 1. The number of piperidine rings is 1. The molecule has 6 heteroatoms. The second kappa shape index (κ2) is 7.20. The molecule has 0 aliphatic carbocycles. The molecule has 0 N–H and O–H groups in total. The minimum Gasteiger partial charge on any atom is -0.335 e. The van der Waals surface area contributed by atoms with E-state index < -0.39 is 0 Å². The van der Waals surface area contributed by atoms with Crippen LogP contribution >= 0.6 is 0 Å². The van der Waals surface area contributed by atoms with E-state index in [9.17, 15) is 4.79 Å². The number of hydrogen-bond acceptors (Lipinski definition) is 3. The number of aromatic nitrogens is 4. The van der Waals surface area contributed by atoms with Crippen molar-refractivity contribution in [2.45, 2.75) is 32.2 Å². The van der Waals surface area contributed by atoms with Gasteiger partial charge in [0.15, 0.2) is 5.69 Å². The van der Waals surface area contributed by atoms with Crippen molar-refractivity contribution in [2.75, 3.05) is 6.54 Å². The zero-order valence-electron chi connectivity index (χ0n) is 16.4. The first-order valence-corrected chi connectivity index (χ1v) is 10.1. The lowest BCUT2D eigenvalue weighted by molar-refractivity contribution is 0.0629. The molecule has 5 heterocycles. The number of pyridine rings is 2. The highest BCUT2D eigenvalue weighted by molar-refractivity contribution is 5.92. The van der Waals surface area contributed by atoms with Crippen molar-refractivity contribution in [3.05, 3.63) is 72.9 Å². The lowest BCUT2D eigenvalue weighted by Crippen LogP contribution is -2.42. The van der Waals surface area contributed by atoms with Crippen LogP contribution in [-0.2, 0) is 0 Å². The van der Waals surface area contributed by atoms with E-state index in [2.05, 4.69) is 45.8 Å². The Hall–Kier alpha value is -3.41. The van der Waals surface area contributed by atoms with Crippen LogP contribution in [0.5, 0.6) is 0 Å². The molecule has 1 aliphatic heterocycles. The van der Waals surface area contributed by atoms with Crippen LogP contribution in [0.15, 0.2) is 67.3 Å². The molecule has 1 amide bonds. The summed E-state index contributed by atoms with van der Waals surface area (Å²) in [6.07, 6.45) is 10.9. The summed E-state index contributed by atoms with van der Waals surface area (Å²) in [5, 5.41) is 4.61. The smallest absolute Gasteiger partial charge is 0.274 e. The Morgan fingerprint density at radius 1 is 1.00 bits per heavy atom. The van der Waals surface area contributed by atoms with Gasteiger partial charge in [-0.05, 0) is 73.7 Å². The Kier molecular flexibility index (Phi) is 4.39. The molecule has 1 atom stereocenters. The Morgan fingerprint density at radius 3 is 2.66 bits per heavy atom. The lowest BCUT2D eigenvalue weighted by Gasteiger charge is -2.32. The van der Waals surface area contributed by atoms with Gasteiger partial charge in [0, 0.05) is 42.9 Å². The molecule has 0 spiro atoms. The van der Waals surface area contributed by atoms with Crippen molar-refractivity contribution in [1.29, 1.82) is 0 Å². The third-order valence-corrected chi connectivity index (χ3v) is 5.75. The molecule has 0 aromatic carbocycles. The van der Waals surface area contributed by atoms with Gasteiger partial charge in [-0.3, -0.25) is 9.78 Å². The number of carbonyl (C=O) groups excluding carboxylic acids is 1. The number of nitrogens with zero attached hydrogens (tertiary/aromatic N) is 5. The third-order valence-electron chi connectivity index (χ3n) is 5.75. The molecule has 1 fully saturated rings. The van der Waals surface area contributed by atoms with Crippen LogP contribution in [0.1, 0.15) is 36.7 Å². The molecule has 6 nitrogen and oxygen atoms in total. The van der Waals surface area contributed by atoms with E-state index in [0.29, 0.717) is 5.69 Å². The van der Waals surface area contributed by atoms with Gasteiger partial charge in [-0.2, -0.15) is 5.10 Å². The summed E-state index contributed by atoms with van der Waals surface area (Å²) in [5.74, 6) is 0.927. The molecule has 1 saturated heterocycles. The maximum Gasteiger partial charge on any atom is 0.274 e. The van der Waals surface area contributed by atoms with Crippen molar-refractivity contribution in [1.82, 2.24) is 24.1 Å². The molecule has 29 heavy (non-hydrogen) atoms. The topological polar surface area (TPSA) is 55.4 Å². The summed E-state index contributed by atoms with van der Waals surface area (Å²) in [5.41, 5.74) is 3.78. The molecular weight excluding hydrogens is 362 g/mol. The second-order valence-electron chi connectivity index (χ2n) is 7.63. The van der Waals surface area contributed by atoms with E-state index in [1.807, 2.05) is 35.4 Å². The molecule has 5 rings (SSSR count). The molecule has 1 aliphatic rings. The SMILES string of the molecule is C[C@H]1CCCCN1C(=O)c1ccn(-c2ccc3ccc(-c4ccncc4)cn23)n1. The summed E-state index contributed by atoms with van der Waals surface area (Å²) >= 11 is 0. The molecule has 4 aromatic rings. The first-order valence-electron chi connectivity index (χ1n) is 10.1. The number of carbonyl (C=O) groups is 1. The number of fused-ring (bicyclic) bond motifs is 1. The number of hydrogen-bond donors (Lipinski definition) is 0. The van der Waals surface area contributed by atoms with Crippen LogP contribution in [0.2, 0.25) is 0 Å². The van der Waals surface area contributed by atoms with Crippen molar-refractivity contribution in [3.8, 4) is 16.9 Å². The monoisotopic (exact) mass is 385 g/mol. The van der Waals surface area contributed by atoms with Gasteiger partial charge in [0.25, 0.3) is 5.91 Å². The minimum absolute atomic E-state index is 0.0225. The summed E-state index contributed by atoms with van der Waals surface area (Å²) in [6, 6.07) is 14.4. The van der Waals surface area contributed by atoms with Gasteiger partial charge in [0.2, 0.25) is 0 Å². The van der Waals surface area contributed by atoms with Crippen LogP contribution in [0.3, 0.4) is 0 Å². The molecule has 0 radical (unpaired) electrons. The Bertz CT molecular complexity index is 1160. The van der Waals surface area contributed by atoms with E-state index in [4.69, 9.17) is 0 Å². The molecular formula is C23H23N5O. The highest BCUT2D eigenvalue weighted by atomic mass is 16.2. The van der Waals surface area contributed by atoms with E-state index >= 15 is 0 Å². The van der Waals surface area contributed by atoms with Gasteiger partial charge < -0.3 is 9.30 Å². The highest BCUT2D eigenvalue weighted by Crippen LogP contribution is 2.23. The Labute approximate surface area is 169 Å². The van der Waals surface area contributed by atoms with Gasteiger partial charge in [0.1, 0.15) is 5.82 Å². The predicted octanol–water partition coefficient (Wildman–Crippen LogP) is 4.20. The lowest BCUT2D eigenvalue weighted by atomic mass is 10.0. The normalized spacial score (nSPS) is 17.0. The van der Waals surface area contributed by atoms with Crippen LogP contribution in [0.4, 0.5) is 0 Å². The van der Waals surface area contributed by atoms with Crippen LogP contribution < -0.4 is 0 Å². The summed E-state index contributed by atoms with van der Waals surface area (Å²) in [4.78, 5) is 19.0. The van der Waals surface area contributed by atoms with Crippen molar-refractivity contribution < 1.29 is 4.79 Å². The average molecular weight is 385 g/mol. The number of amides is 1. The molecule has 0 saturated carbocycles. The van der Waals surface area contributed by atoms with E-state index in [0.717, 1.165) is 41.8 Å². The van der Waals surface area contributed by atoms with Gasteiger partial charge in [0.05, 0.1) is 0 Å². The second-order valence-corrected chi connectivity index (χ2v) is 7.63. The molecule has 4 aromatic heterocycles. The van der Waals surface area contributed by atoms with E-state index in [-0.39, 0.29) is 11.9 Å². The molecule has 146 valence electrons. The minimum atomic E-state index is 0.0225. The van der Waals surface area contributed by atoms with Gasteiger partial charge in [-0.25, -0.2) is 4.68 Å². The van der Waals surface area contributed by atoms with Crippen molar-refractivity contribution in [2.24, 2.45) is 0 Å². The van der Waals surface area contributed by atoms with E-state index in [1.165, 1.54) is 6.42 Å². The predicted molar refractivity (Wildman–Crippen MR) is 112 cm³/mol. The van der Waals surface area contributed by atoms with Gasteiger partial charge in [-0.15, -0.1) is 0 Å². The van der Waals surface area contributed by atoms with E-state index in [1.54, 1.807) is 17.1 Å². The zero-order chi connectivity index (χ0) is 19.8. The highest BCUT2D eigenvalue weighted by Gasteiger charge is 2.25. The van der Waals surface area contributed by atoms with Crippen LogP contribution in [0.25, 0.3) is 22.5 Å². The molecule has 0 unspecified atom stereocenters. The Balaban J connectivity index is 1.49. The standard InChI is InChI=1S/C23H23N5O/c1-17-4-2-3-14-26(17)23(29)21-11-15-28(25-21)22-8-7-20-6-5-19(16-27(20)22)18-9-12-24-13-10-18/h5-13,15-17H,2-4,14H2,1H3/t17-/m0/s1. The quantitative estimate of drug-likeness (QED) is 0.531. The van der Waals surface area contributed by atoms with Gasteiger partial charge >= 0.3 is 0 Å². The first-order chi connectivity index (χ1) is 14.2. The largest absolute Gasteiger partial charge is 0.335 e. The van der Waals surface area contributed by atoms with Crippen LogP contribution in [-0.4, -0.2) is 42.6 Å². The fourth-order valence-corrected chi connectivity index (χ4v) is 4.10. The summed E-state index contributed by atoms with van der Waals surface area (Å²) < 4.78 is 3.88. The fourth-order valence-electron chi connectivity index (χ4n) is 4.10. The maximum absolute atomic E-state index is 12.9. The fraction of sp³-hybridized carbons (Fsp3) is 0.261. The number of rotatable bonds is 3. The van der Waals surface area contributed by atoms with Crippen molar-refractivity contribution >= 4 is 11.4 Å². The Morgan fingerprint density at radius 2 is 1.83 bits per heavy atom. The molecule has 0 bridgehead atoms. The van der Waals surface area contributed by atoms with Crippen molar-refractivity contribution in [3.63, 3.8) is 0 Å².